The quantitative estimate of drug-likeness (QED) is 0.811. The number of amides is 1. The third kappa shape index (κ3) is 4.46. The normalized spacial score (nSPS) is 26.7. The van der Waals surface area contributed by atoms with Gasteiger partial charge in [-0.2, -0.15) is 0 Å². The first-order valence-electron chi connectivity index (χ1n) is 7.73. The van der Waals surface area contributed by atoms with Gasteiger partial charge in [0.1, 0.15) is 0 Å². The lowest BCUT2D eigenvalue weighted by Gasteiger charge is -2.41. The molecule has 2 fully saturated rings. The molecule has 2 heterocycles. The average molecular weight is 267 g/mol. The van der Waals surface area contributed by atoms with E-state index < -0.39 is 0 Å². The Hall–Kier alpha value is -0.610. The molecule has 0 aromatic heterocycles. The van der Waals surface area contributed by atoms with Crippen LogP contribution >= 0.6 is 0 Å². The van der Waals surface area contributed by atoms with Crippen molar-refractivity contribution in [1.82, 2.24) is 15.5 Å². The Morgan fingerprint density at radius 2 is 1.95 bits per heavy atom. The summed E-state index contributed by atoms with van der Waals surface area (Å²) in [5.41, 5.74) is 0.305. The van der Waals surface area contributed by atoms with Gasteiger partial charge in [-0.05, 0) is 53.0 Å². The Morgan fingerprint density at radius 1 is 1.26 bits per heavy atom. The molecule has 1 amide bonds. The highest BCUT2D eigenvalue weighted by Gasteiger charge is 2.27. The van der Waals surface area contributed by atoms with E-state index in [0.29, 0.717) is 24.0 Å². The van der Waals surface area contributed by atoms with Crippen molar-refractivity contribution in [3.63, 3.8) is 0 Å². The summed E-state index contributed by atoms with van der Waals surface area (Å²) in [4.78, 5) is 13.7. The highest BCUT2D eigenvalue weighted by molar-refractivity contribution is 5.78. The van der Waals surface area contributed by atoms with Gasteiger partial charge in [-0.3, -0.25) is 9.69 Å². The van der Waals surface area contributed by atoms with E-state index in [2.05, 4.69) is 36.3 Å². The maximum Gasteiger partial charge on any atom is 0.220 e. The number of hydrogen-bond donors (Lipinski definition) is 2. The minimum absolute atomic E-state index is 0.225. The number of nitrogens with one attached hydrogen (secondary N) is 2. The molecule has 0 aromatic rings. The van der Waals surface area contributed by atoms with E-state index in [4.69, 9.17) is 0 Å². The zero-order chi connectivity index (χ0) is 13.9. The van der Waals surface area contributed by atoms with Crippen molar-refractivity contribution in [3.05, 3.63) is 0 Å². The molecule has 0 bridgehead atoms. The zero-order valence-electron chi connectivity index (χ0n) is 12.7. The average Bonchev–Trinajstić information content (AvgIpc) is 2.75. The molecular weight excluding hydrogens is 238 g/mol. The zero-order valence-corrected chi connectivity index (χ0v) is 12.7. The Morgan fingerprint density at radius 3 is 2.47 bits per heavy atom. The first-order chi connectivity index (χ1) is 8.95. The molecule has 0 aromatic carbocycles. The standard InChI is InChI=1S/C15H29N3O/c1-15(2,3)18-10-7-12(8-11-18)16-9-6-13-4-5-14(19)17-13/h12-13,16H,4-11H2,1-3H3,(H,17,19). The predicted molar refractivity (Wildman–Crippen MR) is 78.1 cm³/mol. The first-order valence-corrected chi connectivity index (χ1v) is 7.73. The minimum atomic E-state index is 0.225. The van der Waals surface area contributed by atoms with Crippen molar-refractivity contribution in [2.24, 2.45) is 0 Å². The Bertz CT molecular complexity index is 303. The van der Waals surface area contributed by atoms with E-state index >= 15 is 0 Å². The number of likely N-dealkylation sites (tertiary alicyclic amines) is 1. The summed E-state index contributed by atoms with van der Waals surface area (Å²) in [7, 11) is 0. The van der Waals surface area contributed by atoms with Crippen LogP contribution in [0.1, 0.15) is 52.9 Å². The van der Waals surface area contributed by atoms with E-state index in [9.17, 15) is 4.79 Å². The summed E-state index contributed by atoms with van der Waals surface area (Å²) in [5.74, 6) is 0.225. The smallest absolute Gasteiger partial charge is 0.220 e. The van der Waals surface area contributed by atoms with Gasteiger partial charge in [0.15, 0.2) is 0 Å². The van der Waals surface area contributed by atoms with E-state index in [1.807, 2.05) is 0 Å². The van der Waals surface area contributed by atoms with Crippen LogP contribution < -0.4 is 10.6 Å². The lowest BCUT2D eigenvalue weighted by atomic mass is 9.98. The van der Waals surface area contributed by atoms with Crippen LogP contribution in [0.5, 0.6) is 0 Å². The van der Waals surface area contributed by atoms with Crippen LogP contribution in [-0.2, 0) is 4.79 Å². The van der Waals surface area contributed by atoms with Crippen molar-refractivity contribution in [2.45, 2.75) is 70.5 Å². The molecule has 4 nitrogen and oxygen atoms in total. The lowest BCUT2D eigenvalue weighted by molar-refractivity contribution is -0.119. The van der Waals surface area contributed by atoms with E-state index in [1.54, 1.807) is 0 Å². The highest BCUT2D eigenvalue weighted by atomic mass is 16.1. The highest BCUT2D eigenvalue weighted by Crippen LogP contribution is 2.20. The SMILES string of the molecule is CC(C)(C)N1CCC(NCCC2CCC(=O)N2)CC1. The second-order valence-electron chi connectivity index (χ2n) is 6.98. The number of carbonyl (C=O) groups excluding carboxylic acids is 1. The Balaban J connectivity index is 1.60. The van der Waals surface area contributed by atoms with Crippen LogP contribution in [0.25, 0.3) is 0 Å². The monoisotopic (exact) mass is 267 g/mol. The van der Waals surface area contributed by atoms with Gasteiger partial charge in [0.25, 0.3) is 0 Å². The van der Waals surface area contributed by atoms with E-state index in [1.165, 1.54) is 25.9 Å². The van der Waals surface area contributed by atoms with Crippen molar-refractivity contribution < 1.29 is 4.79 Å². The van der Waals surface area contributed by atoms with Crippen molar-refractivity contribution >= 4 is 5.91 Å². The van der Waals surface area contributed by atoms with Gasteiger partial charge in [-0.25, -0.2) is 0 Å². The van der Waals surface area contributed by atoms with Crippen LogP contribution in [0.2, 0.25) is 0 Å². The van der Waals surface area contributed by atoms with Gasteiger partial charge < -0.3 is 10.6 Å². The molecule has 2 aliphatic rings. The lowest BCUT2D eigenvalue weighted by Crippen LogP contribution is -2.50. The van der Waals surface area contributed by atoms with Crippen LogP contribution in [0.3, 0.4) is 0 Å². The number of carbonyl (C=O) groups is 1. The largest absolute Gasteiger partial charge is 0.353 e. The van der Waals surface area contributed by atoms with Gasteiger partial charge in [0, 0.05) is 37.1 Å². The van der Waals surface area contributed by atoms with Crippen LogP contribution in [0.15, 0.2) is 0 Å². The van der Waals surface area contributed by atoms with Gasteiger partial charge in [-0.15, -0.1) is 0 Å². The number of piperidine rings is 1. The number of rotatable bonds is 4. The number of hydrogen-bond acceptors (Lipinski definition) is 3. The fourth-order valence-corrected chi connectivity index (χ4v) is 3.11. The summed E-state index contributed by atoms with van der Waals surface area (Å²) >= 11 is 0. The Labute approximate surface area is 117 Å². The summed E-state index contributed by atoms with van der Waals surface area (Å²) in [6.45, 7) is 10.3. The summed E-state index contributed by atoms with van der Waals surface area (Å²) in [5, 5.41) is 6.69. The molecule has 0 saturated carbocycles. The Kier molecular flexibility index (Phi) is 4.85. The molecular formula is C15H29N3O. The molecule has 110 valence electrons. The van der Waals surface area contributed by atoms with E-state index in [-0.39, 0.29) is 5.91 Å². The fraction of sp³-hybridized carbons (Fsp3) is 0.933. The summed E-state index contributed by atoms with van der Waals surface area (Å²) in [6.07, 6.45) is 5.30. The second-order valence-corrected chi connectivity index (χ2v) is 6.98. The van der Waals surface area contributed by atoms with Crippen LogP contribution in [-0.4, -0.2) is 48.1 Å². The van der Waals surface area contributed by atoms with Gasteiger partial charge in [0.05, 0.1) is 0 Å². The molecule has 0 aliphatic carbocycles. The molecule has 2 N–H and O–H groups in total. The van der Waals surface area contributed by atoms with Crippen molar-refractivity contribution in [2.75, 3.05) is 19.6 Å². The maximum absolute atomic E-state index is 11.1. The first kappa shape index (κ1) is 14.8. The van der Waals surface area contributed by atoms with Crippen molar-refractivity contribution in [3.8, 4) is 0 Å². The van der Waals surface area contributed by atoms with Crippen LogP contribution in [0.4, 0.5) is 0 Å². The fourth-order valence-electron chi connectivity index (χ4n) is 3.11. The second kappa shape index (κ2) is 6.23. The topological polar surface area (TPSA) is 44.4 Å². The molecule has 2 aliphatic heterocycles. The number of nitrogens with zero attached hydrogens (tertiary/aromatic N) is 1. The molecule has 4 heteroatoms. The van der Waals surface area contributed by atoms with Gasteiger partial charge in [0.2, 0.25) is 5.91 Å². The summed E-state index contributed by atoms with van der Waals surface area (Å²) in [6, 6.07) is 1.07. The molecule has 1 atom stereocenters. The minimum Gasteiger partial charge on any atom is -0.353 e. The molecule has 0 spiro atoms. The molecule has 19 heavy (non-hydrogen) atoms. The third-order valence-electron chi connectivity index (χ3n) is 4.45. The van der Waals surface area contributed by atoms with Gasteiger partial charge >= 0.3 is 0 Å². The molecule has 2 saturated heterocycles. The van der Waals surface area contributed by atoms with Crippen LogP contribution in [0, 0.1) is 0 Å². The predicted octanol–water partition coefficient (Wildman–Crippen LogP) is 1.51. The molecule has 1 unspecified atom stereocenters. The maximum atomic E-state index is 11.1. The van der Waals surface area contributed by atoms with Crippen molar-refractivity contribution in [1.29, 1.82) is 0 Å². The summed E-state index contributed by atoms with van der Waals surface area (Å²) < 4.78 is 0. The van der Waals surface area contributed by atoms with E-state index in [0.717, 1.165) is 19.4 Å². The third-order valence-corrected chi connectivity index (χ3v) is 4.45. The molecule has 0 radical (unpaired) electrons. The molecule has 2 rings (SSSR count). The van der Waals surface area contributed by atoms with Gasteiger partial charge in [-0.1, -0.05) is 0 Å².